The van der Waals surface area contributed by atoms with Crippen molar-refractivity contribution in [3.63, 3.8) is 0 Å². The molecule has 2 aromatic rings. The van der Waals surface area contributed by atoms with E-state index in [1.165, 1.54) is 4.90 Å². The minimum atomic E-state index is -0.142. The Morgan fingerprint density at radius 1 is 1.45 bits per heavy atom. The Kier molecular flexibility index (Phi) is 5.55. The van der Waals surface area contributed by atoms with Crippen LogP contribution in [0.5, 0.6) is 0 Å². The SMILES string of the molecule is CC(C)n1ncc(Cl)c1C(N)CSc1cccc(Br)c1. The first-order valence-corrected chi connectivity index (χ1v) is 8.51. The summed E-state index contributed by atoms with van der Waals surface area (Å²) in [5.74, 6) is 0.759. The number of hydrogen-bond donors (Lipinski definition) is 1. The van der Waals surface area contributed by atoms with E-state index in [1.807, 2.05) is 16.8 Å². The number of rotatable bonds is 5. The van der Waals surface area contributed by atoms with Gasteiger partial charge in [-0.15, -0.1) is 11.8 Å². The molecule has 0 radical (unpaired) electrons. The van der Waals surface area contributed by atoms with E-state index < -0.39 is 0 Å². The zero-order valence-electron chi connectivity index (χ0n) is 11.4. The van der Waals surface area contributed by atoms with Gasteiger partial charge in [0.1, 0.15) is 0 Å². The molecule has 6 heteroatoms. The average molecular weight is 375 g/mol. The predicted molar refractivity (Wildman–Crippen MR) is 89.4 cm³/mol. The number of nitrogens with two attached hydrogens (primary N) is 1. The third-order valence-corrected chi connectivity index (χ3v) is 4.75. The molecular weight excluding hydrogens is 358 g/mol. The highest BCUT2D eigenvalue weighted by Crippen LogP contribution is 2.29. The molecule has 0 saturated carbocycles. The van der Waals surface area contributed by atoms with E-state index in [9.17, 15) is 0 Å². The van der Waals surface area contributed by atoms with E-state index in [4.69, 9.17) is 17.3 Å². The van der Waals surface area contributed by atoms with Crippen LogP contribution in [0.25, 0.3) is 0 Å². The summed E-state index contributed by atoms with van der Waals surface area (Å²) in [6, 6.07) is 8.29. The van der Waals surface area contributed by atoms with Gasteiger partial charge in [-0.1, -0.05) is 33.6 Å². The van der Waals surface area contributed by atoms with Crippen LogP contribution < -0.4 is 5.73 Å². The Morgan fingerprint density at radius 2 is 2.20 bits per heavy atom. The minimum absolute atomic E-state index is 0.142. The summed E-state index contributed by atoms with van der Waals surface area (Å²) >= 11 is 11.4. The predicted octanol–water partition coefficient (Wildman–Crippen LogP) is 4.67. The molecule has 1 unspecified atom stereocenters. The van der Waals surface area contributed by atoms with Gasteiger partial charge in [0.25, 0.3) is 0 Å². The lowest BCUT2D eigenvalue weighted by Crippen LogP contribution is -2.20. The average Bonchev–Trinajstić information content (AvgIpc) is 2.78. The van der Waals surface area contributed by atoms with Gasteiger partial charge in [0.15, 0.2) is 0 Å². The van der Waals surface area contributed by atoms with Crippen molar-refractivity contribution >= 4 is 39.3 Å². The molecule has 1 heterocycles. The van der Waals surface area contributed by atoms with Crippen molar-refractivity contribution in [2.75, 3.05) is 5.75 Å². The second-order valence-corrected chi connectivity index (χ2v) is 7.21. The van der Waals surface area contributed by atoms with Gasteiger partial charge < -0.3 is 5.73 Å². The molecule has 108 valence electrons. The minimum Gasteiger partial charge on any atom is -0.322 e. The van der Waals surface area contributed by atoms with Crippen LogP contribution in [0.3, 0.4) is 0 Å². The topological polar surface area (TPSA) is 43.8 Å². The highest BCUT2D eigenvalue weighted by atomic mass is 79.9. The number of thioether (sulfide) groups is 1. The van der Waals surface area contributed by atoms with Gasteiger partial charge >= 0.3 is 0 Å². The van der Waals surface area contributed by atoms with Crippen molar-refractivity contribution in [3.05, 3.63) is 45.7 Å². The van der Waals surface area contributed by atoms with Crippen molar-refractivity contribution in [1.82, 2.24) is 9.78 Å². The van der Waals surface area contributed by atoms with Crippen LogP contribution in [-0.2, 0) is 0 Å². The second kappa shape index (κ2) is 6.98. The zero-order valence-corrected chi connectivity index (χ0v) is 14.5. The summed E-state index contributed by atoms with van der Waals surface area (Å²) in [6.07, 6.45) is 1.67. The molecule has 0 amide bonds. The van der Waals surface area contributed by atoms with Crippen molar-refractivity contribution in [1.29, 1.82) is 0 Å². The fraction of sp³-hybridized carbons (Fsp3) is 0.357. The lowest BCUT2D eigenvalue weighted by Gasteiger charge is -2.17. The first kappa shape index (κ1) is 15.9. The summed E-state index contributed by atoms with van der Waals surface area (Å²) in [4.78, 5) is 1.18. The lowest BCUT2D eigenvalue weighted by molar-refractivity contribution is 0.495. The molecule has 3 nitrogen and oxygen atoms in total. The first-order valence-electron chi connectivity index (χ1n) is 6.36. The van der Waals surface area contributed by atoms with E-state index >= 15 is 0 Å². The number of halogens is 2. The van der Waals surface area contributed by atoms with Crippen LogP contribution in [-0.4, -0.2) is 15.5 Å². The Labute approximate surface area is 137 Å². The molecule has 1 atom stereocenters. The molecule has 2 N–H and O–H groups in total. The molecule has 0 bridgehead atoms. The summed E-state index contributed by atoms with van der Waals surface area (Å²) < 4.78 is 2.97. The quantitative estimate of drug-likeness (QED) is 0.773. The first-order chi connectivity index (χ1) is 9.49. The molecule has 1 aromatic heterocycles. The number of benzene rings is 1. The maximum absolute atomic E-state index is 6.29. The molecule has 0 fully saturated rings. The van der Waals surface area contributed by atoms with Crippen LogP contribution >= 0.6 is 39.3 Å². The van der Waals surface area contributed by atoms with Crippen molar-refractivity contribution < 1.29 is 0 Å². The van der Waals surface area contributed by atoms with Gasteiger partial charge in [-0.25, -0.2) is 0 Å². The molecular formula is C14H17BrClN3S. The van der Waals surface area contributed by atoms with Crippen LogP contribution in [0.4, 0.5) is 0 Å². The molecule has 0 spiro atoms. The maximum atomic E-state index is 6.29. The Bertz CT molecular complexity index is 586. The molecule has 20 heavy (non-hydrogen) atoms. The zero-order chi connectivity index (χ0) is 14.7. The third kappa shape index (κ3) is 3.79. The molecule has 0 aliphatic heterocycles. The summed E-state index contributed by atoms with van der Waals surface area (Å²) in [6.45, 7) is 4.14. The fourth-order valence-electron chi connectivity index (χ4n) is 1.93. The van der Waals surface area contributed by atoms with Crippen LogP contribution in [0.2, 0.25) is 5.02 Å². The Balaban J connectivity index is 2.09. The number of aromatic nitrogens is 2. The Morgan fingerprint density at radius 3 is 2.85 bits per heavy atom. The van der Waals surface area contributed by atoms with Crippen molar-refractivity contribution in [3.8, 4) is 0 Å². The lowest BCUT2D eigenvalue weighted by atomic mass is 10.2. The van der Waals surface area contributed by atoms with Gasteiger partial charge in [0.05, 0.1) is 23.0 Å². The molecule has 2 rings (SSSR count). The largest absolute Gasteiger partial charge is 0.322 e. The molecule has 0 aliphatic rings. The van der Waals surface area contributed by atoms with Gasteiger partial charge in [-0.3, -0.25) is 4.68 Å². The van der Waals surface area contributed by atoms with E-state index in [2.05, 4.69) is 47.0 Å². The smallest absolute Gasteiger partial charge is 0.0834 e. The monoisotopic (exact) mass is 373 g/mol. The normalized spacial score (nSPS) is 12.9. The van der Waals surface area contributed by atoms with E-state index in [0.717, 1.165) is 15.9 Å². The van der Waals surface area contributed by atoms with Crippen LogP contribution in [0.15, 0.2) is 39.8 Å². The van der Waals surface area contributed by atoms with E-state index in [-0.39, 0.29) is 12.1 Å². The number of nitrogens with zero attached hydrogens (tertiary/aromatic N) is 2. The third-order valence-electron chi connectivity index (χ3n) is 2.85. The summed E-state index contributed by atoms with van der Waals surface area (Å²) in [7, 11) is 0. The Hall–Kier alpha value is -0.490. The summed E-state index contributed by atoms with van der Waals surface area (Å²) in [5.41, 5.74) is 7.19. The standard InChI is InChI=1S/C14H17BrClN3S/c1-9(2)19-14(12(16)7-18-19)13(17)8-20-11-5-3-4-10(15)6-11/h3-7,9,13H,8,17H2,1-2H3. The van der Waals surface area contributed by atoms with Gasteiger partial charge in [0, 0.05) is 21.2 Å². The van der Waals surface area contributed by atoms with Gasteiger partial charge in [0.2, 0.25) is 0 Å². The van der Waals surface area contributed by atoms with E-state index in [1.54, 1.807) is 18.0 Å². The second-order valence-electron chi connectivity index (χ2n) is 4.79. The fourth-order valence-corrected chi connectivity index (χ4v) is 3.67. The van der Waals surface area contributed by atoms with Crippen LogP contribution in [0.1, 0.15) is 31.6 Å². The molecule has 0 saturated heterocycles. The number of hydrogen-bond acceptors (Lipinski definition) is 3. The molecule has 1 aromatic carbocycles. The highest BCUT2D eigenvalue weighted by Gasteiger charge is 2.18. The molecule has 0 aliphatic carbocycles. The van der Waals surface area contributed by atoms with Crippen LogP contribution in [0, 0.1) is 0 Å². The van der Waals surface area contributed by atoms with Crippen molar-refractivity contribution in [2.45, 2.75) is 30.8 Å². The van der Waals surface area contributed by atoms with Gasteiger partial charge in [-0.05, 0) is 32.0 Å². The van der Waals surface area contributed by atoms with Crippen molar-refractivity contribution in [2.24, 2.45) is 5.73 Å². The highest BCUT2D eigenvalue weighted by molar-refractivity contribution is 9.10. The summed E-state index contributed by atoms with van der Waals surface area (Å²) in [5, 5.41) is 4.93. The maximum Gasteiger partial charge on any atom is 0.0834 e. The van der Waals surface area contributed by atoms with E-state index in [0.29, 0.717) is 5.02 Å². The van der Waals surface area contributed by atoms with Gasteiger partial charge in [-0.2, -0.15) is 5.10 Å².